The molecule has 0 saturated carbocycles. The minimum atomic E-state index is -1.17. The van der Waals surface area contributed by atoms with Gasteiger partial charge in [0, 0.05) is 19.0 Å². The van der Waals surface area contributed by atoms with E-state index >= 15 is 0 Å². The monoisotopic (exact) mass is 200 g/mol. The number of anilines is 2. The summed E-state index contributed by atoms with van der Waals surface area (Å²) >= 11 is 0. The van der Waals surface area contributed by atoms with Gasteiger partial charge in [0.15, 0.2) is 0 Å². The molecular weight excluding hydrogens is 188 g/mol. The second kappa shape index (κ2) is 4.13. The van der Waals surface area contributed by atoms with E-state index in [1.54, 1.807) is 25.2 Å². The summed E-state index contributed by atoms with van der Waals surface area (Å²) in [4.78, 5) is 0. The number of hydrogen-bond acceptors (Lipinski definition) is 3. The van der Waals surface area contributed by atoms with Crippen LogP contribution >= 0.6 is 0 Å². The first kappa shape index (κ1) is 9.85. The quantitative estimate of drug-likeness (QED) is 0.506. The lowest BCUT2D eigenvalue weighted by atomic mass is 10.2. The smallest absolute Gasteiger partial charge is 0.139 e. The van der Waals surface area contributed by atoms with Gasteiger partial charge in [-0.1, -0.05) is 0 Å². The average Bonchev–Trinajstić information content (AvgIpc) is 2.08. The molecule has 0 fully saturated rings. The van der Waals surface area contributed by atoms with Crippen LogP contribution < -0.4 is 10.0 Å². The molecular formula is C8H12N2O2S. The van der Waals surface area contributed by atoms with Crippen molar-refractivity contribution in [2.24, 2.45) is 0 Å². The first-order valence-electron chi connectivity index (χ1n) is 3.74. The molecule has 5 heteroatoms. The van der Waals surface area contributed by atoms with Crippen LogP contribution in [0.15, 0.2) is 18.2 Å². The van der Waals surface area contributed by atoms with Gasteiger partial charge in [0.1, 0.15) is 16.7 Å². The van der Waals surface area contributed by atoms with Crippen molar-refractivity contribution in [1.82, 2.24) is 0 Å². The largest absolute Gasteiger partial charge is 0.506 e. The highest BCUT2D eigenvalue weighted by Crippen LogP contribution is 2.26. The van der Waals surface area contributed by atoms with E-state index < -0.39 is 11.0 Å². The van der Waals surface area contributed by atoms with Gasteiger partial charge < -0.3 is 15.1 Å². The molecule has 0 saturated heterocycles. The lowest BCUT2D eigenvalue weighted by Crippen LogP contribution is -2.01. The lowest BCUT2D eigenvalue weighted by molar-refractivity contribution is 0.478. The number of phenols is 1. The zero-order valence-electron chi connectivity index (χ0n) is 7.50. The molecule has 0 heterocycles. The fraction of sp³-hybridized carbons (Fsp3) is 0.250. The van der Waals surface area contributed by atoms with Crippen LogP contribution in [0.5, 0.6) is 5.75 Å². The van der Waals surface area contributed by atoms with E-state index in [4.69, 9.17) is 0 Å². The highest BCUT2D eigenvalue weighted by atomic mass is 32.2. The molecule has 0 radical (unpaired) electrons. The highest BCUT2D eigenvalue weighted by Gasteiger charge is 2.02. The van der Waals surface area contributed by atoms with E-state index in [9.17, 15) is 9.32 Å². The molecule has 1 aromatic rings. The molecule has 1 atom stereocenters. The molecule has 1 rings (SSSR count). The van der Waals surface area contributed by atoms with Crippen LogP contribution in [0.3, 0.4) is 0 Å². The Kier molecular flexibility index (Phi) is 3.13. The molecule has 0 aliphatic carbocycles. The minimum absolute atomic E-state index is 0.0919. The molecule has 1 unspecified atom stereocenters. The number of hydrogen-bond donors (Lipinski definition) is 3. The predicted molar refractivity (Wildman–Crippen MR) is 55.3 cm³/mol. The van der Waals surface area contributed by atoms with Gasteiger partial charge in [0.2, 0.25) is 0 Å². The van der Waals surface area contributed by atoms with Crippen molar-refractivity contribution in [1.29, 1.82) is 0 Å². The van der Waals surface area contributed by atoms with Gasteiger partial charge in [0.05, 0.1) is 5.69 Å². The molecule has 0 amide bonds. The molecule has 4 nitrogen and oxygen atoms in total. The number of benzene rings is 1. The van der Waals surface area contributed by atoms with Crippen molar-refractivity contribution in [3.05, 3.63) is 18.2 Å². The predicted octanol–water partition coefficient (Wildman–Crippen LogP) is 1.14. The molecule has 13 heavy (non-hydrogen) atoms. The Balaban J connectivity index is 2.96. The maximum Gasteiger partial charge on any atom is 0.139 e. The Bertz CT molecular complexity index is 328. The number of nitrogens with one attached hydrogen (secondary N) is 2. The highest BCUT2D eigenvalue weighted by molar-refractivity contribution is 7.85. The second-order valence-corrected chi connectivity index (χ2v) is 3.65. The summed E-state index contributed by atoms with van der Waals surface area (Å²) < 4.78 is 13.5. The summed E-state index contributed by atoms with van der Waals surface area (Å²) in [7, 11) is 0.602. The van der Waals surface area contributed by atoms with Crippen LogP contribution in [0.25, 0.3) is 0 Å². The molecule has 0 spiro atoms. The topological polar surface area (TPSA) is 61.4 Å². The maximum atomic E-state index is 10.8. The van der Waals surface area contributed by atoms with Gasteiger partial charge in [-0.2, -0.15) is 0 Å². The van der Waals surface area contributed by atoms with Gasteiger partial charge in [-0.15, -0.1) is 0 Å². The Morgan fingerprint density at radius 1 is 1.46 bits per heavy atom. The summed E-state index contributed by atoms with van der Waals surface area (Å²) in [6, 6.07) is 4.97. The van der Waals surface area contributed by atoms with E-state index in [1.165, 1.54) is 6.26 Å². The molecule has 1 aromatic carbocycles. The summed E-state index contributed by atoms with van der Waals surface area (Å²) in [6.45, 7) is 0. The van der Waals surface area contributed by atoms with Crippen molar-refractivity contribution in [3.63, 3.8) is 0 Å². The normalized spacial score (nSPS) is 12.2. The van der Waals surface area contributed by atoms with Crippen molar-refractivity contribution < 1.29 is 9.32 Å². The zero-order chi connectivity index (χ0) is 9.84. The molecule has 3 N–H and O–H groups in total. The van der Waals surface area contributed by atoms with Gasteiger partial charge in [-0.3, -0.25) is 0 Å². The number of aromatic hydroxyl groups is 1. The lowest BCUT2D eigenvalue weighted by Gasteiger charge is -2.07. The van der Waals surface area contributed by atoms with Gasteiger partial charge in [0.25, 0.3) is 0 Å². The first-order chi connectivity index (χ1) is 6.13. The maximum absolute atomic E-state index is 10.8. The van der Waals surface area contributed by atoms with Gasteiger partial charge in [-0.25, -0.2) is 4.21 Å². The van der Waals surface area contributed by atoms with Crippen molar-refractivity contribution in [2.45, 2.75) is 0 Å². The van der Waals surface area contributed by atoms with Crippen molar-refractivity contribution in [3.8, 4) is 5.75 Å². The van der Waals surface area contributed by atoms with E-state index in [0.717, 1.165) is 5.69 Å². The van der Waals surface area contributed by atoms with E-state index in [0.29, 0.717) is 5.69 Å². The van der Waals surface area contributed by atoms with E-state index in [2.05, 4.69) is 10.0 Å². The first-order valence-corrected chi connectivity index (χ1v) is 5.30. The van der Waals surface area contributed by atoms with Crippen LogP contribution in [-0.4, -0.2) is 22.6 Å². The summed E-state index contributed by atoms with van der Waals surface area (Å²) in [5.74, 6) is 0.0919. The van der Waals surface area contributed by atoms with Gasteiger partial charge >= 0.3 is 0 Å². The SMILES string of the molecule is CNc1ccc(O)c(NS(C)=O)c1. The van der Waals surface area contributed by atoms with Crippen molar-refractivity contribution >= 4 is 22.4 Å². The summed E-state index contributed by atoms with van der Waals surface area (Å²) in [5, 5.41) is 12.3. The third-order valence-electron chi connectivity index (χ3n) is 1.54. The third kappa shape index (κ3) is 2.62. The zero-order valence-corrected chi connectivity index (χ0v) is 8.31. The van der Waals surface area contributed by atoms with Crippen LogP contribution in [0.1, 0.15) is 0 Å². The van der Waals surface area contributed by atoms with Crippen LogP contribution in [0, 0.1) is 0 Å². The van der Waals surface area contributed by atoms with Crippen LogP contribution in [0.2, 0.25) is 0 Å². The molecule has 0 aliphatic heterocycles. The fourth-order valence-electron chi connectivity index (χ4n) is 0.928. The average molecular weight is 200 g/mol. The fourth-order valence-corrected chi connectivity index (χ4v) is 1.40. The van der Waals surface area contributed by atoms with Crippen molar-refractivity contribution in [2.75, 3.05) is 23.3 Å². The third-order valence-corrected chi connectivity index (χ3v) is 2.05. The molecule has 72 valence electrons. The summed E-state index contributed by atoms with van der Waals surface area (Å²) in [6.07, 6.45) is 1.51. The molecule has 0 bridgehead atoms. The molecule has 0 aromatic heterocycles. The summed E-state index contributed by atoms with van der Waals surface area (Å²) in [5.41, 5.74) is 1.32. The number of rotatable bonds is 3. The Labute approximate surface area is 79.6 Å². The van der Waals surface area contributed by atoms with Crippen LogP contribution in [-0.2, 0) is 11.0 Å². The Hall–Kier alpha value is -1.23. The molecule has 0 aliphatic rings. The van der Waals surface area contributed by atoms with E-state index in [-0.39, 0.29) is 5.75 Å². The Morgan fingerprint density at radius 2 is 2.15 bits per heavy atom. The minimum Gasteiger partial charge on any atom is -0.506 e. The van der Waals surface area contributed by atoms with Crippen LogP contribution in [0.4, 0.5) is 11.4 Å². The van der Waals surface area contributed by atoms with E-state index in [1.807, 2.05) is 0 Å². The Morgan fingerprint density at radius 3 is 2.69 bits per heavy atom. The second-order valence-electron chi connectivity index (χ2n) is 2.54. The standard InChI is InChI=1S/C8H12N2O2S/c1-9-6-3-4-8(11)7(5-6)10-13(2)12/h3-5,9-11H,1-2H3. The van der Waals surface area contributed by atoms with Gasteiger partial charge in [-0.05, 0) is 18.2 Å². The number of phenolic OH excluding ortho intramolecular Hbond substituents is 1.